The number of ether oxygens (including phenoxy) is 3. The van der Waals surface area contributed by atoms with Gasteiger partial charge in [-0.1, -0.05) is 115 Å². The van der Waals surface area contributed by atoms with Crippen LogP contribution in [0.25, 0.3) is 22.3 Å². The Morgan fingerprint density at radius 1 is 0.714 bits per heavy atom. The van der Waals surface area contributed by atoms with Gasteiger partial charge in [0, 0.05) is 5.56 Å². The Labute approximate surface area is 207 Å². The van der Waals surface area contributed by atoms with Crippen molar-refractivity contribution < 1.29 is 19.0 Å². The van der Waals surface area contributed by atoms with E-state index < -0.39 is 11.6 Å². The van der Waals surface area contributed by atoms with E-state index in [0.29, 0.717) is 13.2 Å². The first-order valence-electron chi connectivity index (χ1n) is 11.9. The first-order valence-corrected chi connectivity index (χ1v) is 11.9. The van der Waals surface area contributed by atoms with E-state index in [9.17, 15) is 4.79 Å². The highest BCUT2D eigenvalue weighted by atomic mass is 16.6. The number of hydrogen-bond donors (Lipinski definition) is 0. The molecule has 0 radical (unpaired) electrons. The molecule has 4 nitrogen and oxygen atoms in total. The van der Waals surface area contributed by atoms with Crippen LogP contribution in [0.4, 0.5) is 0 Å². The topological polar surface area (TPSA) is 44.8 Å². The molecule has 0 N–H and O–H groups in total. The molecule has 5 rings (SSSR count). The molecule has 0 aromatic heterocycles. The Kier molecular flexibility index (Phi) is 8.44. The summed E-state index contributed by atoms with van der Waals surface area (Å²) in [6.07, 6.45) is 0. The number of carbonyl (C=O) groups is 1. The van der Waals surface area contributed by atoms with E-state index in [2.05, 4.69) is 36.4 Å². The third-order valence-electron chi connectivity index (χ3n) is 5.82. The summed E-state index contributed by atoms with van der Waals surface area (Å²) in [7, 11) is 0. The Morgan fingerprint density at radius 2 is 1.26 bits per heavy atom. The lowest BCUT2D eigenvalue weighted by Gasteiger charge is -2.36. The lowest BCUT2D eigenvalue weighted by Crippen LogP contribution is -2.48. The van der Waals surface area contributed by atoms with Gasteiger partial charge in [0.15, 0.2) is 0 Å². The molecule has 1 aliphatic heterocycles. The summed E-state index contributed by atoms with van der Waals surface area (Å²) in [5.74, 6) is -0.409. The summed E-state index contributed by atoms with van der Waals surface area (Å²) in [5, 5.41) is 0. The van der Waals surface area contributed by atoms with Crippen LogP contribution in [0.3, 0.4) is 0 Å². The van der Waals surface area contributed by atoms with Crippen LogP contribution in [0.2, 0.25) is 0 Å². The van der Waals surface area contributed by atoms with Crippen LogP contribution < -0.4 is 0 Å². The molecule has 35 heavy (non-hydrogen) atoms. The summed E-state index contributed by atoms with van der Waals surface area (Å²) in [6, 6.07) is 38.4. The van der Waals surface area contributed by atoms with Gasteiger partial charge in [-0.2, -0.15) is 0 Å². The molecule has 1 aliphatic rings. The van der Waals surface area contributed by atoms with Crippen LogP contribution >= 0.6 is 0 Å². The van der Waals surface area contributed by atoms with Crippen molar-refractivity contribution in [3.63, 3.8) is 0 Å². The van der Waals surface area contributed by atoms with Crippen molar-refractivity contribution in [2.75, 3.05) is 26.4 Å². The molecule has 178 valence electrons. The first kappa shape index (κ1) is 24.4. The van der Waals surface area contributed by atoms with Gasteiger partial charge in [-0.25, -0.2) is 4.79 Å². The summed E-state index contributed by atoms with van der Waals surface area (Å²) in [5.41, 5.74) is 3.78. The zero-order valence-corrected chi connectivity index (χ0v) is 19.9. The molecule has 1 fully saturated rings. The smallest absolute Gasteiger partial charge is 0.345 e. The average Bonchev–Trinajstić information content (AvgIpc) is 2.95. The zero-order valence-electron chi connectivity index (χ0n) is 19.9. The minimum atomic E-state index is -1.25. The molecule has 0 amide bonds. The summed E-state index contributed by atoms with van der Waals surface area (Å²) in [4.78, 5) is 12.9. The first-order chi connectivity index (χ1) is 17.2. The molecule has 4 heteroatoms. The fraction of sp³-hybridized carbons (Fsp3) is 0.194. The molecular formula is C31H30O4. The van der Waals surface area contributed by atoms with E-state index in [1.54, 1.807) is 6.92 Å². The van der Waals surface area contributed by atoms with Crippen molar-refractivity contribution in [3.05, 3.63) is 121 Å². The lowest BCUT2D eigenvalue weighted by molar-refractivity contribution is -0.202. The normalized spacial score (nSPS) is 17.1. The largest absolute Gasteiger partial charge is 0.464 e. The second kappa shape index (κ2) is 12.1. The highest BCUT2D eigenvalue weighted by Crippen LogP contribution is 2.38. The highest BCUT2D eigenvalue weighted by molar-refractivity contribution is 5.86. The maximum Gasteiger partial charge on any atom is 0.345 e. The maximum absolute atomic E-state index is 12.9. The van der Waals surface area contributed by atoms with Gasteiger partial charge >= 0.3 is 5.97 Å². The third-order valence-corrected chi connectivity index (χ3v) is 5.82. The van der Waals surface area contributed by atoms with E-state index in [-0.39, 0.29) is 13.2 Å². The molecule has 1 heterocycles. The second-order valence-corrected chi connectivity index (χ2v) is 8.09. The minimum Gasteiger partial charge on any atom is -0.464 e. The van der Waals surface area contributed by atoms with Gasteiger partial charge in [-0.05, 0) is 29.2 Å². The molecule has 1 unspecified atom stereocenters. The van der Waals surface area contributed by atoms with Crippen LogP contribution in [-0.2, 0) is 24.6 Å². The van der Waals surface area contributed by atoms with E-state index in [0.717, 1.165) is 22.3 Å². The van der Waals surface area contributed by atoms with Gasteiger partial charge in [0.2, 0.25) is 5.60 Å². The second-order valence-electron chi connectivity index (χ2n) is 8.09. The Morgan fingerprint density at radius 3 is 1.86 bits per heavy atom. The van der Waals surface area contributed by atoms with Gasteiger partial charge in [0.1, 0.15) is 0 Å². The molecule has 1 atom stereocenters. The van der Waals surface area contributed by atoms with E-state index in [1.807, 2.05) is 78.9 Å². The van der Waals surface area contributed by atoms with E-state index in [4.69, 9.17) is 14.2 Å². The van der Waals surface area contributed by atoms with Crippen LogP contribution in [0.1, 0.15) is 12.5 Å². The monoisotopic (exact) mass is 466 g/mol. The van der Waals surface area contributed by atoms with Crippen molar-refractivity contribution >= 4 is 5.97 Å². The van der Waals surface area contributed by atoms with Crippen LogP contribution in [0.15, 0.2) is 115 Å². The maximum atomic E-state index is 12.9. The summed E-state index contributed by atoms with van der Waals surface area (Å²) >= 11 is 0. The molecule has 0 saturated carbocycles. The molecule has 0 aliphatic carbocycles. The number of rotatable bonds is 5. The summed E-state index contributed by atoms with van der Waals surface area (Å²) < 4.78 is 17.0. The Balaban J connectivity index is 0.000000421. The zero-order chi connectivity index (χ0) is 24.3. The SMILES string of the molecule is CCOC(=O)C1(c2ccccc2-c2ccc(-c3ccccc3)cc2)COCCO1.c1ccccc1. The minimum absolute atomic E-state index is 0.144. The lowest BCUT2D eigenvalue weighted by atomic mass is 9.86. The third kappa shape index (κ3) is 5.86. The quantitative estimate of drug-likeness (QED) is 0.315. The van der Waals surface area contributed by atoms with Crippen molar-refractivity contribution in [3.8, 4) is 22.3 Å². The van der Waals surface area contributed by atoms with Crippen LogP contribution in [-0.4, -0.2) is 32.4 Å². The van der Waals surface area contributed by atoms with Gasteiger partial charge < -0.3 is 14.2 Å². The van der Waals surface area contributed by atoms with Crippen LogP contribution in [0.5, 0.6) is 0 Å². The molecular weight excluding hydrogens is 436 g/mol. The predicted octanol–water partition coefficient (Wildman–Crippen LogP) is 6.51. The molecule has 4 aromatic rings. The number of carbonyl (C=O) groups excluding carboxylic acids is 1. The summed E-state index contributed by atoms with van der Waals surface area (Å²) in [6.45, 7) is 3.04. The van der Waals surface area contributed by atoms with Crippen LogP contribution in [0, 0.1) is 0 Å². The molecule has 4 aromatic carbocycles. The number of benzene rings is 4. The standard InChI is InChI=1S/C25H24O4.C6H6/c1-2-28-24(26)25(18-27-16-17-29-25)23-11-7-6-10-22(23)21-14-12-20(13-15-21)19-8-4-3-5-9-19;1-2-4-6-5-3-1/h3-15H,2,16-18H2,1H3;1-6H. The van der Waals surface area contributed by atoms with E-state index >= 15 is 0 Å². The average molecular weight is 467 g/mol. The predicted molar refractivity (Wildman–Crippen MR) is 139 cm³/mol. The Bertz CT molecular complexity index is 1150. The van der Waals surface area contributed by atoms with Gasteiger partial charge in [-0.15, -0.1) is 0 Å². The fourth-order valence-corrected chi connectivity index (χ4v) is 4.11. The molecule has 0 bridgehead atoms. The fourth-order valence-electron chi connectivity index (χ4n) is 4.11. The molecule has 0 spiro atoms. The number of hydrogen-bond acceptors (Lipinski definition) is 4. The van der Waals surface area contributed by atoms with Crippen molar-refractivity contribution in [1.82, 2.24) is 0 Å². The highest BCUT2D eigenvalue weighted by Gasteiger charge is 2.46. The Hall–Kier alpha value is -3.73. The van der Waals surface area contributed by atoms with Crippen molar-refractivity contribution in [2.45, 2.75) is 12.5 Å². The van der Waals surface area contributed by atoms with Crippen molar-refractivity contribution in [2.24, 2.45) is 0 Å². The van der Waals surface area contributed by atoms with E-state index in [1.165, 1.54) is 5.56 Å². The number of esters is 1. The van der Waals surface area contributed by atoms with Crippen molar-refractivity contribution in [1.29, 1.82) is 0 Å². The van der Waals surface area contributed by atoms with Gasteiger partial charge in [0.25, 0.3) is 0 Å². The molecule has 1 saturated heterocycles. The van der Waals surface area contributed by atoms with Gasteiger partial charge in [0.05, 0.1) is 26.4 Å². The van der Waals surface area contributed by atoms with Gasteiger partial charge in [-0.3, -0.25) is 0 Å².